The molecule has 0 bridgehead atoms. The number of nitrogens with one attached hydrogen (secondary N) is 1. The zero-order chi connectivity index (χ0) is 11.3. The maximum Gasteiger partial charge on any atom is 0.244 e. The third kappa shape index (κ3) is 4.62. The molecule has 0 aromatic carbocycles. The molecule has 0 fully saturated rings. The van der Waals surface area contributed by atoms with Gasteiger partial charge in [-0.15, -0.1) is 11.3 Å². The molecule has 1 heterocycles. The van der Waals surface area contributed by atoms with E-state index >= 15 is 0 Å². The first-order chi connectivity index (χ1) is 7.11. The number of halogens is 1. The highest BCUT2D eigenvalue weighted by atomic mass is 79.9. The summed E-state index contributed by atoms with van der Waals surface area (Å²) in [7, 11) is 0. The van der Waals surface area contributed by atoms with Crippen LogP contribution in [0.5, 0.6) is 0 Å². The van der Waals surface area contributed by atoms with Gasteiger partial charge in [-0.3, -0.25) is 4.79 Å². The second-order valence-electron chi connectivity index (χ2n) is 3.29. The Labute approximate surface area is 103 Å². The summed E-state index contributed by atoms with van der Waals surface area (Å²) >= 11 is 4.98. The fourth-order valence-electron chi connectivity index (χ4n) is 0.969. The molecule has 82 valence electrons. The Hall–Kier alpha value is -0.610. The van der Waals surface area contributed by atoms with Crippen molar-refractivity contribution in [3.8, 4) is 0 Å². The predicted molar refractivity (Wildman–Crippen MR) is 68.9 cm³/mol. The Balaban J connectivity index is 2.47. The van der Waals surface area contributed by atoms with Crippen molar-refractivity contribution in [2.24, 2.45) is 0 Å². The van der Waals surface area contributed by atoms with Crippen LogP contribution in [-0.2, 0) is 4.79 Å². The lowest BCUT2D eigenvalue weighted by molar-refractivity contribution is -0.117. The average molecular weight is 288 g/mol. The highest BCUT2D eigenvalue weighted by Crippen LogP contribution is 2.22. The maximum atomic E-state index is 11.4. The van der Waals surface area contributed by atoms with Crippen LogP contribution in [0.1, 0.15) is 25.1 Å². The second-order valence-corrected chi connectivity index (χ2v) is 5.79. The molecule has 0 spiro atoms. The van der Waals surface area contributed by atoms with E-state index in [-0.39, 0.29) is 11.9 Å². The van der Waals surface area contributed by atoms with Crippen molar-refractivity contribution in [2.45, 2.75) is 26.3 Å². The van der Waals surface area contributed by atoms with Crippen molar-refractivity contribution in [3.05, 3.63) is 26.9 Å². The fourth-order valence-corrected chi connectivity index (χ4v) is 2.30. The van der Waals surface area contributed by atoms with E-state index in [1.807, 2.05) is 32.1 Å². The molecular weight excluding hydrogens is 274 g/mol. The van der Waals surface area contributed by atoms with Gasteiger partial charge in [0.05, 0.1) is 3.79 Å². The molecule has 2 nitrogen and oxygen atoms in total. The SMILES string of the molecule is CC[C@H](C)NC(=O)/C=C\c1ccc(Br)s1. The lowest BCUT2D eigenvalue weighted by atomic mass is 10.2. The van der Waals surface area contributed by atoms with Crippen LogP contribution >= 0.6 is 27.3 Å². The largest absolute Gasteiger partial charge is 0.350 e. The molecule has 0 aliphatic rings. The molecule has 4 heteroatoms. The number of hydrogen-bond donors (Lipinski definition) is 1. The van der Waals surface area contributed by atoms with E-state index in [0.29, 0.717) is 0 Å². The van der Waals surface area contributed by atoms with Crippen LogP contribution in [0.4, 0.5) is 0 Å². The first-order valence-corrected chi connectivity index (χ1v) is 6.46. The van der Waals surface area contributed by atoms with Gasteiger partial charge in [0.1, 0.15) is 0 Å². The third-order valence-corrected chi connectivity index (χ3v) is 3.58. The zero-order valence-electron chi connectivity index (χ0n) is 8.79. The van der Waals surface area contributed by atoms with E-state index in [1.54, 1.807) is 17.4 Å². The van der Waals surface area contributed by atoms with E-state index in [0.717, 1.165) is 15.1 Å². The van der Waals surface area contributed by atoms with Crippen molar-refractivity contribution < 1.29 is 4.79 Å². The molecule has 0 radical (unpaired) electrons. The van der Waals surface area contributed by atoms with Crippen LogP contribution in [0.25, 0.3) is 6.08 Å². The highest BCUT2D eigenvalue weighted by Gasteiger charge is 2.01. The lowest BCUT2D eigenvalue weighted by Gasteiger charge is -2.08. The van der Waals surface area contributed by atoms with Crippen molar-refractivity contribution >= 4 is 39.2 Å². The molecule has 0 unspecified atom stereocenters. The van der Waals surface area contributed by atoms with Gasteiger partial charge in [-0.25, -0.2) is 0 Å². The zero-order valence-corrected chi connectivity index (χ0v) is 11.2. The minimum Gasteiger partial charge on any atom is -0.350 e. The molecule has 1 aromatic rings. The van der Waals surface area contributed by atoms with Crippen molar-refractivity contribution in [3.63, 3.8) is 0 Å². The molecule has 0 saturated carbocycles. The van der Waals surface area contributed by atoms with E-state index in [4.69, 9.17) is 0 Å². The minimum atomic E-state index is -0.0335. The van der Waals surface area contributed by atoms with Gasteiger partial charge in [0.15, 0.2) is 0 Å². The van der Waals surface area contributed by atoms with E-state index in [2.05, 4.69) is 21.2 Å². The molecule has 1 aromatic heterocycles. The standard InChI is InChI=1S/C11H14BrNOS/c1-3-8(2)13-11(14)7-5-9-4-6-10(12)15-9/h4-8H,3H2,1-2H3,(H,13,14)/b7-5-/t8-/m0/s1. The molecule has 1 amide bonds. The second kappa shape index (κ2) is 6.08. The normalized spacial score (nSPS) is 13.0. The van der Waals surface area contributed by atoms with Crippen molar-refractivity contribution in [2.75, 3.05) is 0 Å². The molecule has 0 saturated heterocycles. The number of carbonyl (C=O) groups excluding carboxylic acids is 1. The molecule has 0 aliphatic carbocycles. The summed E-state index contributed by atoms with van der Waals surface area (Å²) in [5.41, 5.74) is 0. The molecular formula is C11H14BrNOS. The molecule has 15 heavy (non-hydrogen) atoms. The van der Waals surface area contributed by atoms with Gasteiger partial charge < -0.3 is 5.32 Å². The van der Waals surface area contributed by atoms with E-state index in [9.17, 15) is 4.79 Å². The Kier molecular flexibility index (Phi) is 5.05. The maximum absolute atomic E-state index is 11.4. The summed E-state index contributed by atoms with van der Waals surface area (Å²) in [5.74, 6) is -0.0335. The van der Waals surface area contributed by atoms with Crippen molar-refractivity contribution in [1.29, 1.82) is 0 Å². The minimum absolute atomic E-state index is 0.0335. The van der Waals surface area contributed by atoms with Gasteiger partial charge in [0.25, 0.3) is 0 Å². The van der Waals surface area contributed by atoms with Gasteiger partial charge in [-0.1, -0.05) is 6.92 Å². The number of amides is 1. The van der Waals surface area contributed by atoms with Gasteiger partial charge in [0, 0.05) is 17.0 Å². The van der Waals surface area contributed by atoms with Crippen LogP contribution in [0.15, 0.2) is 22.0 Å². The number of hydrogen-bond acceptors (Lipinski definition) is 2. The van der Waals surface area contributed by atoms with Crippen LogP contribution in [-0.4, -0.2) is 11.9 Å². The average Bonchev–Trinajstić information content (AvgIpc) is 2.61. The summed E-state index contributed by atoms with van der Waals surface area (Å²) < 4.78 is 1.07. The summed E-state index contributed by atoms with van der Waals surface area (Å²) in [5, 5.41) is 2.87. The van der Waals surface area contributed by atoms with Crippen LogP contribution < -0.4 is 5.32 Å². The molecule has 1 rings (SSSR count). The number of thiophene rings is 1. The molecule has 1 N–H and O–H groups in total. The van der Waals surface area contributed by atoms with Crippen molar-refractivity contribution in [1.82, 2.24) is 5.32 Å². The molecule has 0 aliphatic heterocycles. The van der Waals surface area contributed by atoms with Gasteiger partial charge in [0.2, 0.25) is 5.91 Å². The number of carbonyl (C=O) groups is 1. The van der Waals surface area contributed by atoms with Gasteiger partial charge in [-0.05, 0) is 47.5 Å². The smallest absolute Gasteiger partial charge is 0.244 e. The lowest BCUT2D eigenvalue weighted by Crippen LogP contribution is -2.30. The molecule has 1 atom stereocenters. The summed E-state index contributed by atoms with van der Waals surface area (Å²) in [6.45, 7) is 4.04. The summed E-state index contributed by atoms with van der Waals surface area (Å²) in [4.78, 5) is 12.5. The Bertz CT molecular complexity index is 359. The topological polar surface area (TPSA) is 29.1 Å². The quantitative estimate of drug-likeness (QED) is 0.845. The Morgan fingerprint density at radius 3 is 2.93 bits per heavy atom. The first-order valence-electron chi connectivity index (χ1n) is 4.85. The van der Waals surface area contributed by atoms with Gasteiger partial charge in [-0.2, -0.15) is 0 Å². The Morgan fingerprint density at radius 1 is 1.67 bits per heavy atom. The highest BCUT2D eigenvalue weighted by molar-refractivity contribution is 9.11. The summed E-state index contributed by atoms with van der Waals surface area (Å²) in [6, 6.07) is 4.18. The van der Waals surface area contributed by atoms with Crippen LogP contribution in [0.2, 0.25) is 0 Å². The van der Waals surface area contributed by atoms with Crippen LogP contribution in [0.3, 0.4) is 0 Å². The van der Waals surface area contributed by atoms with Gasteiger partial charge >= 0.3 is 0 Å². The monoisotopic (exact) mass is 287 g/mol. The predicted octanol–water partition coefficient (Wildman–Crippen LogP) is 3.44. The van der Waals surface area contributed by atoms with E-state index in [1.165, 1.54) is 0 Å². The third-order valence-electron chi connectivity index (χ3n) is 1.99. The Morgan fingerprint density at radius 2 is 2.40 bits per heavy atom. The van der Waals surface area contributed by atoms with Crippen LogP contribution in [0, 0.1) is 0 Å². The fraction of sp³-hybridized carbons (Fsp3) is 0.364. The number of rotatable bonds is 4. The summed E-state index contributed by atoms with van der Waals surface area (Å²) in [6.07, 6.45) is 4.35. The van der Waals surface area contributed by atoms with E-state index < -0.39 is 0 Å². The first kappa shape index (κ1) is 12.5.